The molecule has 0 radical (unpaired) electrons. The summed E-state index contributed by atoms with van der Waals surface area (Å²) in [5.41, 5.74) is 6.55. The van der Waals surface area contributed by atoms with Crippen molar-refractivity contribution < 1.29 is 29.3 Å². The monoisotopic (exact) mass is 654 g/mol. The molecule has 8 heteroatoms. The van der Waals surface area contributed by atoms with E-state index in [0.717, 1.165) is 46.5 Å². The Labute approximate surface area is 284 Å². The van der Waals surface area contributed by atoms with Gasteiger partial charge < -0.3 is 25.0 Å². The van der Waals surface area contributed by atoms with E-state index in [-0.39, 0.29) is 43.5 Å². The van der Waals surface area contributed by atoms with Crippen molar-refractivity contribution in [2.24, 2.45) is 16.7 Å². The van der Waals surface area contributed by atoms with Crippen LogP contribution in [0.15, 0.2) is 72.8 Å². The summed E-state index contributed by atoms with van der Waals surface area (Å²) in [6, 6.07) is 24.8. The van der Waals surface area contributed by atoms with Crippen LogP contribution >= 0.6 is 0 Å². The van der Waals surface area contributed by atoms with E-state index in [1.165, 1.54) is 19.3 Å². The number of carbonyl (C=O) groups excluding carboxylic acids is 1. The van der Waals surface area contributed by atoms with Gasteiger partial charge in [0.1, 0.15) is 0 Å². The summed E-state index contributed by atoms with van der Waals surface area (Å²) in [6.07, 6.45) is 2.75. The van der Waals surface area contributed by atoms with Crippen LogP contribution in [0.1, 0.15) is 94.4 Å². The van der Waals surface area contributed by atoms with Crippen LogP contribution in [-0.4, -0.2) is 52.2 Å². The van der Waals surface area contributed by atoms with Crippen LogP contribution in [0.2, 0.25) is 0 Å². The van der Waals surface area contributed by atoms with Gasteiger partial charge in [-0.05, 0) is 57.9 Å². The first kappa shape index (κ1) is 34.3. The standard InChI is InChI=1S/C40H50N2O6/c1-26-34(22-42-25-40(4)20-32(42)19-39(2,3)24-40)47-38(48-37(26)29-11-9-27(23-43)10-12-29)30-15-13-28(14-16-30)33-8-6-5-7-31(33)21-41-35(44)17-18-36(45)46/h5-16,26,32,34,37-38,43H,17-25H2,1-4H3,(H,41,44)(H,45,46). The number of aliphatic hydroxyl groups excluding tert-OH is 1. The van der Waals surface area contributed by atoms with Crippen LogP contribution < -0.4 is 5.32 Å². The number of likely N-dealkylation sites (tertiary alicyclic amines) is 1. The zero-order valence-electron chi connectivity index (χ0n) is 28.7. The average molecular weight is 655 g/mol. The molecule has 0 aromatic heterocycles. The lowest BCUT2D eigenvalue weighted by atomic mass is 9.65. The summed E-state index contributed by atoms with van der Waals surface area (Å²) in [7, 11) is 0. The molecule has 256 valence electrons. The molecule has 6 atom stereocenters. The maximum Gasteiger partial charge on any atom is 0.303 e. The van der Waals surface area contributed by atoms with Crippen molar-refractivity contribution in [1.29, 1.82) is 0 Å². The minimum absolute atomic E-state index is 0.00769. The number of hydrogen-bond acceptors (Lipinski definition) is 6. The largest absolute Gasteiger partial charge is 0.481 e. The van der Waals surface area contributed by atoms with Crippen LogP contribution in [0.5, 0.6) is 0 Å². The highest BCUT2D eigenvalue weighted by Gasteiger charge is 2.51. The summed E-state index contributed by atoms with van der Waals surface area (Å²) in [5, 5.41) is 21.4. The molecule has 1 aliphatic carbocycles. The quantitative estimate of drug-likeness (QED) is 0.204. The first-order valence-corrected chi connectivity index (χ1v) is 17.3. The number of aliphatic carboxylic acids is 1. The maximum absolute atomic E-state index is 12.2. The van der Waals surface area contributed by atoms with Gasteiger partial charge in [0.15, 0.2) is 6.29 Å². The van der Waals surface area contributed by atoms with E-state index in [2.05, 4.69) is 74.3 Å². The normalized spacial score (nSPS) is 28.2. The number of amides is 1. The highest BCUT2D eigenvalue weighted by Crippen LogP contribution is 2.53. The van der Waals surface area contributed by atoms with Crippen molar-refractivity contribution in [3.63, 3.8) is 0 Å². The summed E-state index contributed by atoms with van der Waals surface area (Å²) in [5.74, 6) is -1.15. The molecule has 3 aliphatic rings. The van der Waals surface area contributed by atoms with Gasteiger partial charge in [0.25, 0.3) is 0 Å². The maximum atomic E-state index is 12.2. The fourth-order valence-electron chi connectivity index (χ4n) is 8.63. The second-order valence-corrected chi connectivity index (χ2v) is 15.4. The molecular formula is C40H50N2O6. The second-order valence-electron chi connectivity index (χ2n) is 15.4. The highest BCUT2D eigenvalue weighted by molar-refractivity contribution is 5.80. The first-order chi connectivity index (χ1) is 22.9. The molecule has 2 bridgehead atoms. The van der Waals surface area contributed by atoms with Gasteiger partial charge in [-0.1, -0.05) is 100 Å². The Bertz CT molecular complexity index is 1590. The molecule has 2 heterocycles. The van der Waals surface area contributed by atoms with Gasteiger partial charge in [-0.25, -0.2) is 0 Å². The van der Waals surface area contributed by atoms with E-state index >= 15 is 0 Å². The van der Waals surface area contributed by atoms with Gasteiger partial charge >= 0.3 is 5.97 Å². The lowest BCUT2D eigenvalue weighted by molar-refractivity contribution is -0.276. The second kappa shape index (κ2) is 14.1. The van der Waals surface area contributed by atoms with Crippen molar-refractivity contribution in [3.05, 3.63) is 95.1 Å². The fourth-order valence-corrected chi connectivity index (χ4v) is 8.63. The van der Waals surface area contributed by atoms with E-state index < -0.39 is 12.3 Å². The Morgan fingerprint density at radius 2 is 1.62 bits per heavy atom. The number of hydrogen-bond donors (Lipinski definition) is 3. The van der Waals surface area contributed by atoms with Gasteiger partial charge in [0, 0.05) is 43.6 Å². The summed E-state index contributed by atoms with van der Waals surface area (Å²) in [4.78, 5) is 25.7. The Balaban J connectivity index is 1.22. The number of carboxylic acids is 1. The van der Waals surface area contributed by atoms with Crippen molar-refractivity contribution in [3.8, 4) is 11.1 Å². The van der Waals surface area contributed by atoms with Crippen LogP contribution in [0.3, 0.4) is 0 Å². The number of carbonyl (C=O) groups is 2. The van der Waals surface area contributed by atoms with E-state index in [1.807, 2.05) is 36.4 Å². The summed E-state index contributed by atoms with van der Waals surface area (Å²) < 4.78 is 13.6. The zero-order valence-corrected chi connectivity index (χ0v) is 28.7. The topological polar surface area (TPSA) is 108 Å². The number of fused-ring (bicyclic) bond motifs is 2. The molecule has 2 aliphatic heterocycles. The third kappa shape index (κ3) is 7.84. The molecule has 8 nitrogen and oxygen atoms in total. The molecule has 48 heavy (non-hydrogen) atoms. The smallest absolute Gasteiger partial charge is 0.303 e. The Hall–Kier alpha value is -3.56. The number of carboxylic acid groups (broad SMARTS) is 1. The van der Waals surface area contributed by atoms with Crippen LogP contribution in [-0.2, 0) is 32.2 Å². The van der Waals surface area contributed by atoms with Gasteiger partial charge in [-0.15, -0.1) is 0 Å². The van der Waals surface area contributed by atoms with E-state index in [0.29, 0.717) is 23.4 Å². The number of rotatable bonds is 11. The van der Waals surface area contributed by atoms with Gasteiger partial charge in [-0.3, -0.25) is 14.5 Å². The number of nitrogens with one attached hydrogen (secondary N) is 1. The lowest BCUT2D eigenvalue weighted by Crippen LogP contribution is -2.46. The van der Waals surface area contributed by atoms with Gasteiger partial charge in [0.2, 0.25) is 5.91 Å². The predicted octanol–water partition coefficient (Wildman–Crippen LogP) is 7.02. The van der Waals surface area contributed by atoms with Gasteiger partial charge in [-0.2, -0.15) is 0 Å². The van der Waals surface area contributed by atoms with E-state index in [1.54, 1.807) is 0 Å². The molecule has 3 N–H and O–H groups in total. The molecule has 1 amide bonds. The minimum atomic E-state index is -0.986. The molecule has 2 saturated heterocycles. The molecule has 3 aromatic rings. The lowest BCUT2D eigenvalue weighted by Gasteiger charge is -2.43. The van der Waals surface area contributed by atoms with Crippen LogP contribution in [0.25, 0.3) is 11.1 Å². The third-order valence-electron chi connectivity index (χ3n) is 10.6. The minimum Gasteiger partial charge on any atom is -0.481 e. The molecule has 3 aromatic carbocycles. The number of aliphatic hydroxyl groups is 1. The van der Waals surface area contributed by atoms with Crippen molar-refractivity contribution in [2.75, 3.05) is 13.1 Å². The molecule has 3 fully saturated rings. The number of benzene rings is 3. The highest BCUT2D eigenvalue weighted by atomic mass is 16.7. The van der Waals surface area contributed by atoms with Crippen LogP contribution in [0, 0.1) is 16.7 Å². The predicted molar refractivity (Wildman–Crippen MR) is 185 cm³/mol. The fraction of sp³-hybridized carbons (Fsp3) is 0.500. The molecule has 0 spiro atoms. The molecule has 6 unspecified atom stereocenters. The first-order valence-electron chi connectivity index (χ1n) is 17.3. The number of ether oxygens (including phenoxy) is 2. The third-order valence-corrected chi connectivity index (χ3v) is 10.6. The van der Waals surface area contributed by atoms with Crippen molar-refractivity contribution >= 4 is 11.9 Å². The number of nitrogens with zero attached hydrogens (tertiary/aromatic N) is 1. The van der Waals surface area contributed by atoms with Gasteiger partial charge in [0.05, 0.1) is 25.2 Å². The van der Waals surface area contributed by atoms with E-state index in [9.17, 15) is 14.7 Å². The molecule has 6 rings (SSSR count). The molecular weight excluding hydrogens is 604 g/mol. The zero-order chi connectivity index (χ0) is 34.1. The average Bonchev–Trinajstić information content (AvgIpc) is 3.30. The summed E-state index contributed by atoms with van der Waals surface area (Å²) >= 11 is 0. The Kier molecular flexibility index (Phi) is 10.1. The summed E-state index contributed by atoms with van der Waals surface area (Å²) in [6.45, 7) is 11.8. The Morgan fingerprint density at radius 3 is 2.33 bits per heavy atom. The van der Waals surface area contributed by atoms with Crippen molar-refractivity contribution in [2.45, 2.75) is 97.5 Å². The van der Waals surface area contributed by atoms with E-state index in [4.69, 9.17) is 14.6 Å². The Morgan fingerprint density at radius 1 is 0.917 bits per heavy atom. The van der Waals surface area contributed by atoms with Crippen molar-refractivity contribution in [1.82, 2.24) is 10.2 Å². The molecule has 1 saturated carbocycles. The SMILES string of the molecule is CC1C(CN2CC3(C)CC2CC(C)(C)C3)OC(c2ccc(-c3ccccc3CNC(=O)CCC(=O)O)cc2)OC1c1ccc(CO)cc1. The van der Waals surface area contributed by atoms with Crippen LogP contribution in [0.4, 0.5) is 0 Å².